The molecule has 1 heterocycles. The topological polar surface area (TPSA) is 24.9 Å². The van der Waals surface area contributed by atoms with Gasteiger partial charge in [0, 0.05) is 17.1 Å². The molecule has 0 fully saturated rings. The second kappa shape index (κ2) is 3.12. The fourth-order valence-electron chi connectivity index (χ4n) is 0.720. The fourth-order valence-corrected chi connectivity index (χ4v) is 1.57. The minimum Gasteiger partial charge on any atom is -0.312 e. The van der Waals surface area contributed by atoms with Gasteiger partial charge in [-0.2, -0.15) is 0 Å². The van der Waals surface area contributed by atoms with E-state index in [1.165, 1.54) is 4.88 Å². The van der Waals surface area contributed by atoms with Crippen molar-refractivity contribution >= 4 is 11.3 Å². The van der Waals surface area contributed by atoms with Gasteiger partial charge in [-0.1, -0.05) is 0 Å². The monoisotopic (exact) mass is 156 g/mol. The standard InChI is InChI=1S/C7H12N2S/c1-5(8-3)7-4-9-6(2)10-7/h4-5,8H,1-3H3. The van der Waals surface area contributed by atoms with Crippen molar-refractivity contribution in [3.63, 3.8) is 0 Å². The molecule has 56 valence electrons. The lowest BCUT2D eigenvalue weighted by Gasteiger charge is -2.04. The zero-order chi connectivity index (χ0) is 7.56. The van der Waals surface area contributed by atoms with Gasteiger partial charge >= 0.3 is 0 Å². The summed E-state index contributed by atoms with van der Waals surface area (Å²) in [7, 11) is 1.96. The number of thiazole rings is 1. The number of nitrogens with one attached hydrogen (secondary N) is 1. The maximum Gasteiger partial charge on any atom is 0.0897 e. The predicted octanol–water partition coefficient (Wildman–Crippen LogP) is 1.73. The Labute approximate surface area is 65.3 Å². The molecular formula is C7H12N2S. The first-order valence-corrected chi connectivity index (χ1v) is 4.15. The predicted molar refractivity (Wildman–Crippen MR) is 44.3 cm³/mol. The van der Waals surface area contributed by atoms with Crippen LogP contribution in [0.15, 0.2) is 6.20 Å². The first kappa shape index (κ1) is 7.69. The van der Waals surface area contributed by atoms with Crippen LogP contribution >= 0.6 is 11.3 Å². The van der Waals surface area contributed by atoms with E-state index in [0.29, 0.717) is 6.04 Å². The molecule has 0 saturated carbocycles. The van der Waals surface area contributed by atoms with Gasteiger partial charge in [-0.15, -0.1) is 11.3 Å². The van der Waals surface area contributed by atoms with Gasteiger partial charge in [0.2, 0.25) is 0 Å². The van der Waals surface area contributed by atoms with Crippen LogP contribution in [0.2, 0.25) is 0 Å². The Morgan fingerprint density at radius 3 is 2.80 bits per heavy atom. The van der Waals surface area contributed by atoms with Crippen molar-refractivity contribution in [3.05, 3.63) is 16.1 Å². The van der Waals surface area contributed by atoms with Crippen LogP contribution in [0.4, 0.5) is 0 Å². The second-order valence-electron chi connectivity index (χ2n) is 2.29. The van der Waals surface area contributed by atoms with Crippen LogP contribution in [-0.2, 0) is 0 Å². The van der Waals surface area contributed by atoms with Gasteiger partial charge in [-0.3, -0.25) is 0 Å². The molecule has 0 spiro atoms. The van der Waals surface area contributed by atoms with Crippen LogP contribution in [-0.4, -0.2) is 12.0 Å². The average Bonchev–Trinajstić information content (AvgIpc) is 2.34. The highest BCUT2D eigenvalue weighted by atomic mass is 32.1. The van der Waals surface area contributed by atoms with Crippen molar-refractivity contribution in [2.24, 2.45) is 0 Å². The Kier molecular flexibility index (Phi) is 2.40. The third-order valence-corrected chi connectivity index (χ3v) is 2.59. The smallest absolute Gasteiger partial charge is 0.0897 e. The van der Waals surface area contributed by atoms with Crippen LogP contribution < -0.4 is 5.32 Å². The van der Waals surface area contributed by atoms with E-state index < -0.39 is 0 Å². The third-order valence-electron chi connectivity index (χ3n) is 1.50. The fraction of sp³-hybridized carbons (Fsp3) is 0.571. The largest absolute Gasteiger partial charge is 0.312 e. The zero-order valence-electron chi connectivity index (χ0n) is 6.51. The minimum atomic E-state index is 0.436. The highest BCUT2D eigenvalue weighted by Gasteiger charge is 2.04. The number of aryl methyl sites for hydroxylation is 1. The van der Waals surface area contributed by atoms with E-state index in [4.69, 9.17) is 0 Å². The number of hydrogen-bond donors (Lipinski definition) is 1. The first-order valence-electron chi connectivity index (χ1n) is 3.33. The second-order valence-corrected chi connectivity index (χ2v) is 3.56. The molecule has 0 amide bonds. The van der Waals surface area contributed by atoms with Gasteiger partial charge in [0.05, 0.1) is 5.01 Å². The molecule has 0 aromatic carbocycles. The Morgan fingerprint density at radius 2 is 2.40 bits per heavy atom. The molecule has 0 bridgehead atoms. The van der Waals surface area contributed by atoms with Crippen molar-refractivity contribution in [1.82, 2.24) is 10.3 Å². The SMILES string of the molecule is CNC(C)c1cnc(C)s1. The lowest BCUT2D eigenvalue weighted by molar-refractivity contribution is 0.662. The number of rotatable bonds is 2. The van der Waals surface area contributed by atoms with Crippen molar-refractivity contribution in [3.8, 4) is 0 Å². The van der Waals surface area contributed by atoms with Crippen molar-refractivity contribution in [2.75, 3.05) is 7.05 Å². The Bertz CT molecular complexity index is 207. The molecule has 0 aliphatic carbocycles. The van der Waals surface area contributed by atoms with Crippen molar-refractivity contribution in [1.29, 1.82) is 0 Å². The quantitative estimate of drug-likeness (QED) is 0.705. The Balaban J connectivity index is 2.74. The van der Waals surface area contributed by atoms with Gasteiger partial charge in [-0.25, -0.2) is 4.98 Å². The Morgan fingerprint density at radius 1 is 1.70 bits per heavy atom. The van der Waals surface area contributed by atoms with Crippen molar-refractivity contribution in [2.45, 2.75) is 19.9 Å². The summed E-state index contributed by atoms with van der Waals surface area (Å²) in [6.07, 6.45) is 1.93. The molecule has 1 atom stereocenters. The van der Waals surface area contributed by atoms with E-state index in [1.807, 2.05) is 20.2 Å². The molecule has 0 radical (unpaired) electrons. The summed E-state index contributed by atoms with van der Waals surface area (Å²) >= 11 is 1.75. The van der Waals surface area contributed by atoms with E-state index in [2.05, 4.69) is 17.2 Å². The van der Waals surface area contributed by atoms with E-state index in [-0.39, 0.29) is 0 Å². The number of aromatic nitrogens is 1. The molecule has 2 nitrogen and oxygen atoms in total. The highest BCUT2D eigenvalue weighted by molar-refractivity contribution is 7.11. The van der Waals surface area contributed by atoms with E-state index in [1.54, 1.807) is 11.3 Å². The van der Waals surface area contributed by atoms with Gasteiger partial charge in [0.1, 0.15) is 0 Å². The van der Waals surface area contributed by atoms with Gasteiger partial charge < -0.3 is 5.32 Å². The third kappa shape index (κ3) is 1.55. The first-order chi connectivity index (χ1) is 4.74. The lowest BCUT2D eigenvalue weighted by atomic mass is 10.3. The van der Waals surface area contributed by atoms with Gasteiger partial charge in [0.15, 0.2) is 0 Å². The van der Waals surface area contributed by atoms with Crippen LogP contribution in [0.1, 0.15) is 22.9 Å². The number of hydrogen-bond acceptors (Lipinski definition) is 3. The molecule has 0 aliphatic heterocycles. The molecule has 3 heteroatoms. The molecule has 10 heavy (non-hydrogen) atoms. The average molecular weight is 156 g/mol. The molecule has 1 aromatic heterocycles. The molecule has 0 saturated heterocycles. The maximum absolute atomic E-state index is 4.16. The minimum absolute atomic E-state index is 0.436. The molecule has 1 rings (SSSR count). The summed E-state index contributed by atoms with van der Waals surface area (Å²) in [6.45, 7) is 4.16. The molecular weight excluding hydrogens is 144 g/mol. The van der Waals surface area contributed by atoms with Gasteiger partial charge in [0.25, 0.3) is 0 Å². The molecule has 0 aliphatic rings. The van der Waals surface area contributed by atoms with Gasteiger partial charge in [-0.05, 0) is 20.9 Å². The van der Waals surface area contributed by atoms with E-state index in [0.717, 1.165) is 5.01 Å². The summed E-state index contributed by atoms with van der Waals surface area (Å²) in [6, 6.07) is 0.436. The summed E-state index contributed by atoms with van der Waals surface area (Å²) in [5.41, 5.74) is 0. The van der Waals surface area contributed by atoms with Crippen LogP contribution in [0.25, 0.3) is 0 Å². The summed E-state index contributed by atoms with van der Waals surface area (Å²) < 4.78 is 0. The number of nitrogens with zero attached hydrogens (tertiary/aromatic N) is 1. The normalized spacial score (nSPS) is 13.5. The molecule has 1 unspecified atom stereocenters. The maximum atomic E-state index is 4.16. The summed E-state index contributed by atoms with van der Waals surface area (Å²) in [4.78, 5) is 5.47. The van der Waals surface area contributed by atoms with Crippen LogP contribution in [0.5, 0.6) is 0 Å². The van der Waals surface area contributed by atoms with Crippen molar-refractivity contribution < 1.29 is 0 Å². The van der Waals surface area contributed by atoms with Crippen LogP contribution in [0, 0.1) is 6.92 Å². The zero-order valence-corrected chi connectivity index (χ0v) is 7.33. The summed E-state index contributed by atoms with van der Waals surface area (Å²) in [5, 5.41) is 4.30. The van der Waals surface area contributed by atoms with Crippen LogP contribution in [0.3, 0.4) is 0 Å². The molecule has 1 aromatic rings. The molecule has 1 N–H and O–H groups in total. The lowest BCUT2D eigenvalue weighted by Crippen LogP contribution is -2.10. The highest BCUT2D eigenvalue weighted by Crippen LogP contribution is 2.18. The van der Waals surface area contributed by atoms with E-state index in [9.17, 15) is 0 Å². The van der Waals surface area contributed by atoms with E-state index >= 15 is 0 Å². The summed E-state index contributed by atoms with van der Waals surface area (Å²) in [5.74, 6) is 0. The Hall–Kier alpha value is -0.410.